The molecule has 0 radical (unpaired) electrons. The van der Waals surface area contributed by atoms with Crippen LogP contribution in [0.2, 0.25) is 0 Å². The lowest BCUT2D eigenvalue weighted by molar-refractivity contribution is -0.138. The third kappa shape index (κ3) is 4.64. The monoisotopic (exact) mass is 350 g/mol. The highest BCUT2D eigenvalue weighted by molar-refractivity contribution is 8.26. The minimum absolute atomic E-state index is 0.277. The number of hydrogen-bond donors (Lipinski definition) is 2. The average Bonchev–Trinajstić information content (AvgIpc) is 2.73. The number of nitrogens with zero attached hydrogens (tertiary/aromatic N) is 1. The molecule has 0 spiro atoms. The largest absolute Gasteiger partial charge is 0.480 e. The molecule has 0 bridgehead atoms. The molecule has 1 aliphatic heterocycles. The highest BCUT2D eigenvalue weighted by Crippen LogP contribution is 2.32. The summed E-state index contributed by atoms with van der Waals surface area (Å²) in [5.41, 5.74) is 1.95. The maximum atomic E-state index is 12.3. The number of nitrogens with one attached hydrogen (secondary N) is 1. The van der Waals surface area contributed by atoms with Crippen LogP contribution in [0.1, 0.15) is 11.1 Å². The van der Waals surface area contributed by atoms with Gasteiger partial charge >= 0.3 is 5.97 Å². The molecule has 1 aliphatic rings. The normalized spacial score (nSPS) is 16.0. The van der Waals surface area contributed by atoms with Gasteiger partial charge in [0.15, 0.2) is 0 Å². The van der Waals surface area contributed by atoms with Gasteiger partial charge in [-0.2, -0.15) is 0 Å². The summed E-state index contributed by atoms with van der Waals surface area (Å²) in [5, 5.41) is 10.7. The standard InChI is InChI=1S/C15H14N2O4S2/c1-9-3-2-4-10(5-9)6-11-14(21)17(15(22)23-11)8-12(18)16-7-13(19)20/h2-6H,7-8H2,1H3,(H,16,18)(H,19,20)/b11-6-. The second kappa shape index (κ2) is 7.38. The van der Waals surface area contributed by atoms with Crippen LogP contribution in [0.25, 0.3) is 6.08 Å². The number of amides is 2. The number of carbonyl (C=O) groups is 3. The van der Waals surface area contributed by atoms with Crippen molar-refractivity contribution in [1.29, 1.82) is 0 Å². The molecule has 0 aromatic heterocycles. The molecule has 2 N–H and O–H groups in total. The molecule has 1 aromatic carbocycles. The number of thioether (sulfide) groups is 1. The molecule has 2 rings (SSSR count). The van der Waals surface area contributed by atoms with Gasteiger partial charge in [-0.25, -0.2) is 0 Å². The topological polar surface area (TPSA) is 86.7 Å². The maximum Gasteiger partial charge on any atom is 0.322 e. The summed E-state index contributed by atoms with van der Waals surface area (Å²) in [6.07, 6.45) is 1.72. The van der Waals surface area contributed by atoms with Crippen molar-refractivity contribution in [3.8, 4) is 0 Å². The van der Waals surface area contributed by atoms with E-state index in [9.17, 15) is 14.4 Å². The lowest BCUT2D eigenvalue weighted by Crippen LogP contribution is -2.41. The van der Waals surface area contributed by atoms with Crippen molar-refractivity contribution in [3.63, 3.8) is 0 Å². The van der Waals surface area contributed by atoms with Gasteiger partial charge in [0.05, 0.1) is 4.91 Å². The van der Waals surface area contributed by atoms with E-state index in [1.54, 1.807) is 6.08 Å². The van der Waals surface area contributed by atoms with Crippen LogP contribution in [0.5, 0.6) is 0 Å². The highest BCUT2D eigenvalue weighted by atomic mass is 32.2. The van der Waals surface area contributed by atoms with Gasteiger partial charge in [-0.3, -0.25) is 19.3 Å². The molecule has 6 nitrogen and oxygen atoms in total. The van der Waals surface area contributed by atoms with Crippen molar-refractivity contribution >= 4 is 52.2 Å². The van der Waals surface area contributed by atoms with E-state index in [-0.39, 0.29) is 16.8 Å². The summed E-state index contributed by atoms with van der Waals surface area (Å²) in [6, 6.07) is 7.65. The Hall–Kier alpha value is -2.19. The van der Waals surface area contributed by atoms with E-state index >= 15 is 0 Å². The Bertz CT molecular complexity index is 715. The summed E-state index contributed by atoms with van der Waals surface area (Å²) in [5.74, 6) is -2.07. The molecule has 120 valence electrons. The van der Waals surface area contributed by atoms with Crippen molar-refractivity contribution in [2.75, 3.05) is 13.1 Å². The number of carbonyl (C=O) groups excluding carboxylic acids is 2. The first-order valence-electron chi connectivity index (χ1n) is 6.67. The Morgan fingerprint density at radius 2 is 2.17 bits per heavy atom. The number of aliphatic carboxylic acids is 1. The zero-order chi connectivity index (χ0) is 17.0. The molecular weight excluding hydrogens is 336 g/mol. The van der Waals surface area contributed by atoms with Crippen molar-refractivity contribution in [1.82, 2.24) is 10.2 Å². The lowest BCUT2D eigenvalue weighted by Gasteiger charge is -2.13. The average molecular weight is 350 g/mol. The number of rotatable bonds is 5. The smallest absolute Gasteiger partial charge is 0.322 e. The van der Waals surface area contributed by atoms with Crippen LogP contribution in [0.3, 0.4) is 0 Å². The second-order valence-electron chi connectivity index (χ2n) is 4.85. The number of thiocarbonyl (C=S) groups is 1. The zero-order valence-corrected chi connectivity index (χ0v) is 13.9. The van der Waals surface area contributed by atoms with Gasteiger partial charge in [0.1, 0.15) is 17.4 Å². The summed E-state index contributed by atoms with van der Waals surface area (Å²) in [6.45, 7) is 1.17. The van der Waals surface area contributed by atoms with E-state index in [1.165, 1.54) is 4.90 Å². The van der Waals surface area contributed by atoms with Crippen LogP contribution >= 0.6 is 24.0 Å². The molecule has 1 aromatic rings. The molecule has 0 aliphatic carbocycles. The van der Waals surface area contributed by atoms with Gasteiger partial charge in [-0.15, -0.1) is 0 Å². The van der Waals surface area contributed by atoms with Crippen LogP contribution in [-0.4, -0.2) is 45.2 Å². The van der Waals surface area contributed by atoms with E-state index in [2.05, 4.69) is 5.32 Å². The molecule has 0 atom stereocenters. The Kier molecular flexibility index (Phi) is 5.51. The van der Waals surface area contributed by atoms with E-state index < -0.39 is 18.4 Å². The van der Waals surface area contributed by atoms with Crippen LogP contribution in [0.15, 0.2) is 29.2 Å². The van der Waals surface area contributed by atoms with Gasteiger partial charge < -0.3 is 10.4 Å². The molecule has 8 heteroatoms. The molecule has 2 amide bonds. The van der Waals surface area contributed by atoms with Gasteiger partial charge in [0.25, 0.3) is 5.91 Å². The molecule has 23 heavy (non-hydrogen) atoms. The lowest BCUT2D eigenvalue weighted by atomic mass is 10.1. The third-order valence-electron chi connectivity index (χ3n) is 2.95. The van der Waals surface area contributed by atoms with Crippen LogP contribution in [-0.2, 0) is 14.4 Å². The number of benzene rings is 1. The van der Waals surface area contributed by atoms with Gasteiger partial charge in [-0.05, 0) is 18.6 Å². The Morgan fingerprint density at radius 3 is 2.83 bits per heavy atom. The summed E-state index contributed by atoms with van der Waals surface area (Å²) in [7, 11) is 0. The minimum atomic E-state index is -1.15. The predicted molar refractivity (Wildman–Crippen MR) is 91.7 cm³/mol. The Morgan fingerprint density at radius 1 is 1.43 bits per heavy atom. The fraction of sp³-hybridized carbons (Fsp3) is 0.200. The van der Waals surface area contributed by atoms with Crippen LogP contribution in [0.4, 0.5) is 0 Å². The number of hydrogen-bond acceptors (Lipinski definition) is 5. The molecule has 1 fully saturated rings. The number of carboxylic acid groups (broad SMARTS) is 1. The van der Waals surface area contributed by atoms with Gasteiger partial charge in [0.2, 0.25) is 5.91 Å². The quantitative estimate of drug-likeness (QED) is 0.617. The zero-order valence-electron chi connectivity index (χ0n) is 12.2. The highest BCUT2D eigenvalue weighted by Gasteiger charge is 2.33. The van der Waals surface area contributed by atoms with Crippen LogP contribution < -0.4 is 5.32 Å². The van der Waals surface area contributed by atoms with Crippen molar-refractivity contribution in [2.45, 2.75) is 6.92 Å². The number of carboxylic acids is 1. The van der Waals surface area contributed by atoms with Crippen LogP contribution in [0, 0.1) is 6.92 Å². The fourth-order valence-corrected chi connectivity index (χ4v) is 3.18. The fourth-order valence-electron chi connectivity index (χ4n) is 1.92. The van der Waals surface area contributed by atoms with Gasteiger partial charge in [0, 0.05) is 0 Å². The molecule has 0 unspecified atom stereocenters. The van der Waals surface area contributed by atoms with E-state index in [0.717, 1.165) is 22.9 Å². The minimum Gasteiger partial charge on any atom is -0.480 e. The summed E-state index contributed by atoms with van der Waals surface area (Å²) in [4.78, 5) is 36.0. The molecule has 0 saturated carbocycles. The first kappa shape index (κ1) is 17.2. The Balaban J connectivity index is 2.08. The molecule has 1 heterocycles. The SMILES string of the molecule is Cc1cccc(/C=C2\SC(=S)N(CC(=O)NCC(=O)O)C2=O)c1. The van der Waals surface area contributed by atoms with E-state index in [1.807, 2.05) is 31.2 Å². The van der Waals surface area contributed by atoms with Crippen molar-refractivity contribution in [2.24, 2.45) is 0 Å². The van der Waals surface area contributed by atoms with Crippen molar-refractivity contribution < 1.29 is 19.5 Å². The Labute approximate surface area is 142 Å². The predicted octanol–water partition coefficient (Wildman–Crippen LogP) is 1.40. The maximum absolute atomic E-state index is 12.3. The molecule has 1 saturated heterocycles. The second-order valence-corrected chi connectivity index (χ2v) is 6.53. The van der Waals surface area contributed by atoms with Crippen molar-refractivity contribution in [3.05, 3.63) is 40.3 Å². The van der Waals surface area contributed by atoms with E-state index in [4.69, 9.17) is 17.3 Å². The summed E-state index contributed by atoms with van der Waals surface area (Å²) >= 11 is 6.24. The van der Waals surface area contributed by atoms with Gasteiger partial charge in [-0.1, -0.05) is 53.8 Å². The molecular formula is C15H14N2O4S2. The first-order chi connectivity index (χ1) is 10.9. The number of aryl methyl sites for hydroxylation is 1. The third-order valence-corrected chi connectivity index (χ3v) is 4.33. The summed E-state index contributed by atoms with van der Waals surface area (Å²) < 4.78 is 0.277. The van der Waals surface area contributed by atoms with E-state index in [0.29, 0.717) is 4.91 Å². The first-order valence-corrected chi connectivity index (χ1v) is 7.90.